The van der Waals surface area contributed by atoms with E-state index >= 15 is 0 Å². The molecule has 1 atom stereocenters. The average molecular weight is 263 g/mol. The van der Waals surface area contributed by atoms with E-state index in [1.54, 1.807) is 0 Å². The van der Waals surface area contributed by atoms with Crippen LogP contribution in [0.5, 0.6) is 0 Å². The zero-order valence-corrected chi connectivity index (χ0v) is 12.1. The third-order valence-electron chi connectivity index (χ3n) is 2.93. The number of hydrogen-bond donors (Lipinski definition) is 1. The second-order valence-electron chi connectivity index (χ2n) is 4.64. The molecule has 0 fully saturated rings. The highest BCUT2D eigenvalue weighted by Crippen LogP contribution is 2.25. The Hall–Kier alpha value is -1.13. The van der Waals surface area contributed by atoms with Gasteiger partial charge in [-0.1, -0.05) is 6.92 Å². The summed E-state index contributed by atoms with van der Waals surface area (Å²) in [7, 11) is 1.97. The van der Waals surface area contributed by atoms with Crippen molar-refractivity contribution >= 4 is 11.3 Å². The summed E-state index contributed by atoms with van der Waals surface area (Å²) >= 11 is 1.88. The van der Waals surface area contributed by atoms with Gasteiger partial charge < -0.3 is 5.32 Å². The van der Waals surface area contributed by atoms with Crippen LogP contribution in [-0.2, 0) is 13.5 Å². The Morgan fingerprint density at radius 1 is 1.39 bits per heavy atom. The van der Waals surface area contributed by atoms with Crippen molar-refractivity contribution in [3.05, 3.63) is 39.8 Å². The molecule has 4 heteroatoms. The molecule has 2 heterocycles. The van der Waals surface area contributed by atoms with Gasteiger partial charge in [0.15, 0.2) is 0 Å². The van der Waals surface area contributed by atoms with E-state index in [2.05, 4.69) is 42.5 Å². The summed E-state index contributed by atoms with van der Waals surface area (Å²) in [4.78, 5) is 2.78. The third kappa shape index (κ3) is 3.43. The number of hydrogen-bond acceptors (Lipinski definition) is 3. The lowest BCUT2D eigenvalue weighted by molar-refractivity contribution is 0.528. The van der Waals surface area contributed by atoms with Crippen molar-refractivity contribution in [2.75, 3.05) is 6.54 Å². The fourth-order valence-corrected chi connectivity index (χ4v) is 2.97. The molecule has 0 radical (unpaired) electrons. The number of aromatic nitrogens is 2. The summed E-state index contributed by atoms with van der Waals surface area (Å²) in [5.41, 5.74) is 1.15. The van der Waals surface area contributed by atoms with Crippen LogP contribution in [-0.4, -0.2) is 16.3 Å². The van der Waals surface area contributed by atoms with Crippen molar-refractivity contribution in [2.24, 2.45) is 7.05 Å². The van der Waals surface area contributed by atoms with Crippen molar-refractivity contribution < 1.29 is 0 Å². The van der Waals surface area contributed by atoms with Gasteiger partial charge in [-0.3, -0.25) is 4.68 Å². The topological polar surface area (TPSA) is 29.9 Å². The summed E-state index contributed by atoms with van der Waals surface area (Å²) in [6.45, 7) is 5.41. The summed E-state index contributed by atoms with van der Waals surface area (Å²) in [6, 6.07) is 6.91. The molecule has 2 aromatic rings. The molecule has 2 aromatic heterocycles. The van der Waals surface area contributed by atoms with Gasteiger partial charge in [0.25, 0.3) is 0 Å². The molecule has 0 saturated carbocycles. The Kier molecular flexibility index (Phi) is 4.55. The van der Waals surface area contributed by atoms with Gasteiger partial charge in [0.1, 0.15) is 0 Å². The van der Waals surface area contributed by atoms with Crippen molar-refractivity contribution in [2.45, 2.75) is 32.7 Å². The Labute approximate surface area is 113 Å². The number of thiophene rings is 1. The van der Waals surface area contributed by atoms with Crippen LogP contribution in [0.15, 0.2) is 24.4 Å². The molecule has 0 spiro atoms. The van der Waals surface area contributed by atoms with Crippen LogP contribution < -0.4 is 5.32 Å². The van der Waals surface area contributed by atoms with E-state index in [-0.39, 0.29) is 0 Å². The van der Waals surface area contributed by atoms with Gasteiger partial charge in [-0.25, -0.2) is 0 Å². The van der Waals surface area contributed by atoms with Gasteiger partial charge in [-0.05, 0) is 38.1 Å². The highest BCUT2D eigenvalue weighted by atomic mass is 32.1. The summed E-state index contributed by atoms with van der Waals surface area (Å²) in [5, 5.41) is 8.09. The molecule has 18 heavy (non-hydrogen) atoms. The maximum Gasteiger partial charge on any atom is 0.0643 e. The van der Waals surface area contributed by atoms with Gasteiger partial charge in [0.2, 0.25) is 0 Å². The van der Waals surface area contributed by atoms with Crippen molar-refractivity contribution in [3.63, 3.8) is 0 Å². The first-order valence-corrected chi connectivity index (χ1v) is 7.29. The number of aryl methyl sites for hydroxylation is 2. The molecule has 1 N–H and O–H groups in total. The lowest BCUT2D eigenvalue weighted by Gasteiger charge is -2.15. The predicted molar refractivity (Wildman–Crippen MR) is 77.0 cm³/mol. The summed E-state index contributed by atoms with van der Waals surface area (Å²) in [5.74, 6) is 0. The zero-order valence-electron chi connectivity index (χ0n) is 11.3. The van der Waals surface area contributed by atoms with Gasteiger partial charge >= 0.3 is 0 Å². The van der Waals surface area contributed by atoms with Crippen molar-refractivity contribution in [1.82, 2.24) is 15.1 Å². The number of nitrogens with zero attached hydrogens (tertiary/aromatic N) is 2. The average Bonchev–Trinajstić information content (AvgIpc) is 2.93. The minimum absolute atomic E-state index is 0.388. The quantitative estimate of drug-likeness (QED) is 0.868. The number of rotatable bonds is 6. The van der Waals surface area contributed by atoms with Crippen LogP contribution in [0.4, 0.5) is 0 Å². The second kappa shape index (κ2) is 6.16. The lowest BCUT2D eigenvalue weighted by atomic mass is 10.1. The molecular formula is C14H21N3S. The molecule has 0 aliphatic carbocycles. The zero-order chi connectivity index (χ0) is 13.0. The fourth-order valence-electron chi connectivity index (χ4n) is 2.01. The Bertz CT molecular complexity index is 487. The van der Waals surface area contributed by atoms with Crippen LogP contribution in [0.25, 0.3) is 0 Å². The van der Waals surface area contributed by atoms with Crippen LogP contribution in [0.3, 0.4) is 0 Å². The molecule has 0 aromatic carbocycles. The van der Waals surface area contributed by atoms with Crippen LogP contribution >= 0.6 is 11.3 Å². The predicted octanol–water partition coefficient (Wildman–Crippen LogP) is 3.07. The normalized spacial score (nSPS) is 12.8. The molecule has 0 saturated heterocycles. The van der Waals surface area contributed by atoms with Crippen LogP contribution in [0.2, 0.25) is 0 Å². The van der Waals surface area contributed by atoms with Crippen LogP contribution in [0, 0.1) is 6.92 Å². The molecular weight excluding hydrogens is 242 g/mol. The van der Waals surface area contributed by atoms with Crippen LogP contribution in [0.1, 0.15) is 34.8 Å². The second-order valence-corrected chi connectivity index (χ2v) is 5.96. The van der Waals surface area contributed by atoms with E-state index in [9.17, 15) is 0 Å². The van der Waals surface area contributed by atoms with E-state index in [0.29, 0.717) is 6.04 Å². The minimum Gasteiger partial charge on any atom is -0.309 e. The van der Waals surface area contributed by atoms with Gasteiger partial charge in [0, 0.05) is 35.5 Å². The van der Waals surface area contributed by atoms with E-state index < -0.39 is 0 Å². The standard InChI is InChI=1S/C14H21N3S/c1-4-8-15-13(14-6-5-11(2)18-14)10-12-7-9-17(3)16-12/h5-7,9,13,15H,4,8,10H2,1-3H3. The molecule has 0 aliphatic heterocycles. The fraction of sp³-hybridized carbons (Fsp3) is 0.500. The van der Waals surface area contributed by atoms with E-state index in [1.807, 2.05) is 29.3 Å². The molecule has 1 unspecified atom stereocenters. The molecule has 0 amide bonds. The van der Waals surface area contributed by atoms with Gasteiger partial charge in [-0.2, -0.15) is 5.10 Å². The molecule has 0 bridgehead atoms. The monoisotopic (exact) mass is 263 g/mol. The first-order valence-electron chi connectivity index (χ1n) is 6.47. The van der Waals surface area contributed by atoms with E-state index in [1.165, 1.54) is 9.75 Å². The van der Waals surface area contributed by atoms with E-state index in [0.717, 1.165) is 25.1 Å². The SMILES string of the molecule is CCCNC(Cc1ccn(C)n1)c1ccc(C)s1. The maximum absolute atomic E-state index is 4.47. The highest BCUT2D eigenvalue weighted by molar-refractivity contribution is 7.12. The number of nitrogens with one attached hydrogen (secondary N) is 1. The smallest absolute Gasteiger partial charge is 0.0643 e. The molecule has 3 nitrogen and oxygen atoms in total. The molecule has 2 rings (SSSR count). The first kappa shape index (κ1) is 13.3. The van der Waals surface area contributed by atoms with Crippen molar-refractivity contribution in [1.29, 1.82) is 0 Å². The largest absolute Gasteiger partial charge is 0.309 e. The van der Waals surface area contributed by atoms with Gasteiger partial charge in [-0.15, -0.1) is 11.3 Å². The van der Waals surface area contributed by atoms with Gasteiger partial charge in [0.05, 0.1) is 5.69 Å². The maximum atomic E-state index is 4.47. The minimum atomic E-state index is 0.388. The summed E-state index contributed by atoms with van der Waals surface area (Å²) < 4.78 is 1.87. The third-order valence-corrected chi connectivity index (χ3v) is 4.04. The first-order chi connectivity index (χ1) is 8.69. The molecule has 0 aliphatic rings. The Morgan fingerprint density at radius 2 is 2.22 bits per heavy atom. The highest BCUT2D eigenvalue weighted by Gasteiger charge is 2.14. The summed E-state index contributed by atoms with van der Waals surface area (Å²) in [6.07, 6.45) is 4.12. The lowest BCUT2D eigenvalue weighted by Crippen LogP contribution is -2.23. The Morgan fingerprint density at radius 3 is 2.78 bits per heavy atom. The van der Waals surface area contributed by atoms with Crippen molar-refractivity contribution in [3.8, 4) is 0 Å². The Balaban J connectivity index is 2.09. The van der Waals surface area contributed by atoms with E-state index in [4.69, 9.17) is 0 Å². The molecule has 98 valence electrons.